The van der Waals surface area contributed by atoms with E-state index in [4.69, 9.17) is 14.2 Å². The van der Waals surface area contributed by atoms with Crippen LogP contribution in [-0.4, -0.2) is 118 Å². The summed E-state index contributed by atoms with van der Waals surface area (Å²) in [6.45, 7) is 7.17. The average Bonchev–Trinajstić information content (AvgIpc) is 3.80. The van der Waals surface area contributed by atoms with E-state index in [1.54, 1.807) is 40.8 Å². The fourth-order valence-electron chi connectivity index (χ4n) is 11.4. The van der Waals surface area contributed by atoms with Gasteiger partial charge < -0.3 is 28.7 Å². The molecule has 12 rings (SSSR count). The van der Waals surface area contributed by atoms with Crippen molar-refractivity contribution < 1.29 is 32.6 Å². The number of urea groups is 1. The molecule has 3 amide bonds. The van der Waals surface area contributed by atoms with Crippen LogP contribution in [-0.2, 0) is 21.3 Å². The topological polar surface area (TPSA) is 175 Å². The summed E-state index contributed by atoms with van der Waals surface area (Å²) in [6.07, 6.45) is 6.24. The summed E-state index contributed by atoms with van der Waals surface area (Å²) in [6, 6.07) is 12.7. The number of aryl methyl sites for hydroxylation is 1. The number of nitrogens with zero attached hydrogens (tertiary/aromatic N) is 9. The van der Waals surface area contributed by atoms with E-state index >= 15 is 8.78 Å². The van der Waals surface area contributed by atoms with Gasteiger partial charge in [-0.1, -0.05) is 0 Å². The van der Waals surface area contributed by atoms with Crippen LogP contribution in [0.25, 0.3) is 21.8 Å². The number of carbonyl (C=O) groups is 2. The van der Waals surface area contributed by atoms with Crippen LogP contribution in [0.3, 0.4) is 0 Å². The number of nitriles is 1. The Bertz CT molecular complexity index is 2940. The lowest BCUT2D eigenvalue weighted by molar-refractivity contribution is -0.164. The summed E-state index contributed by atoms with van der Waals surface area (Å²) < 4.78 is 57.5. The highest BCUT2D eigenvalue weighted by Gasteiger charge is 2.55. The number of likely N-dealkylation sites (tertiary alicyclic amines) is 1. The minimum atomic E-state index is -0.692. The zero-order valence-corrected chi connectivity index (χ0v) is 37.0. The molecule has 7 aliphatic rings. The first kappa shape index (κ1) is 41.6. The number of anilines is 3. The molecular formula is C46H47F2N11O6S. The summed E-state index contributed by atoms with van der Waals surface area (Å²) in [5.74, 6) is -1.06. The van der Waals surface area contributed by atoms with Crippen molar-refractivity contribution >= 4 is 63.1 Å². The Kier molecular flexibility index (Phi) is 9.67. The molecule has 1 unspecified atom stereocenters. The Morgan fingerprint density at radius 3 is 2.48 bits per heavy atom. The number of carbonyl (C=O) groups excluding carboxylic acids is 2. The first-order valence-corrected chi connectivity index (χ1v) is 23.2. The second-order valence-corrected chi connectivity index (χ2v) is 20.4. The third-order valence-corrected chi connectivity index (χ3v) is 15.9. The van der Waals surface area contributed by atoms with E-state index in [1.165, 1.54) is 35.2 Å². The van der Waals surface area contributed by atoms with Gasteiger partial charge in [0.25, 0.3) is 5.56 Å². The van der Waals surface area contributed by atoms with E-state index in [2.05, 4.69) is 40.3 Å². The van der Waals surface area contributed by atoms with Gasteiger partial charge in [-0.3, -0.25) is 29.1 Å². The number of fused-ring (bicyclic) bond motifs is 2. The Morgan fingerprint density at radius 1 is 0.939 bits per heavy atom. The van der Waals surface area contributed by atoms with E-state index in [-0.39, 0.29) is 69.8 Å². The highest BCUT2D eigenvalue weighted by molar-refractivity contribution is 7.98. The van der Waals surface area contributed by atoms with Gasteiger partial charge in [-0.2, -0.15) is 10.4 Å². The highest BCUT2D eigenvalue weighted by atomic mass is 32.2. The van der Waals surface area contributed by atoms with Gasteiger partial charge in [0.2, 0.25) is 5.91 Å². The third-order valence-electron chi connectivity index (χ3n) is 15.1. The number of benzene rings is 3. The van der Waals surface area contributed by atoms with E-state index in [1.807, 2.05) is 6.07 Å². The van der Waals surface area contributed by atoms with Crippen LogP contribution in [0.2, 0.25) is 0 Å². The smallest absolute Gasteiger partial charge is 0.329 e. The molecule has 8 heterocycles. The SMILES string of the molecule is Cn1nc(N2CCC(=O)NC2=O)c2cc(F)c(N3CC4(CC(N5CCC6(CC5)CC(n5cnc7ccc(Oc8c(F)ccc(NSN9CC%10(COC%10)C9)c8C#N)cc7c5=O)CO6)C4)C3)cc21. The van der Waals surface area contributed by atoms with Gasteiger partial charge in [0, 0.05) is 93.7 Å². The molecular weight excluding hydrogens is 873 g/mol. The first-order valence-electron chi connectivity index (χ1n) is 22.5. The zero-order chi connectivity index (χ0) is 45.1. The summed E-state index contributed by atoms with van der Waals surface area (Å²) in [5.41, 5.74) is 1.97. The molecule has 66 heavy (non-hydrogen) atoms. The minimum Gasteiger partial charge on any atom is -0.453 e. The van der Waals surface area contributed by atoms with Crippen LogP contribution >= 0.6 is 12.1 Å². The second kappa shape index (κ2) is 15.3. The van der Waals surface area contributed by atoms with Crippen LogP contribution in [0.1, 0.15) is 50.1 Å². The van der Waals surface area contributed by atoms with Crippen molar-refractivity contribution in [1.82, 2.24) is 33.9 Å². The monoisotopic (exact) mass is 919 g/mol. The fraction of sp³-hybridized carbons (Fsp3) is 0.478. The largest absolute Gasteiger partial charge is 0.453 e. The average molecular weight is 920 g/mol. The Labute approximate surface area is 381 Å². The van der Waals surface area contributed by atoms with Gasteiger partial charge in [0.1, 0.15) is 23.2 Å². The quantitative estimate of drug-likeness (QED) is 0.179. The molecule has 2 aromatic heterocycles. The van der Waals surface area contributed by atoms with Crippen molar-refractivity contribution in [3.63, 3.8) is 0 Å². The third kappa shape index (κ3) is 6.88. The number of halogens is 2. The van der Waals surface area contributed by atoms with Crippen molar-refractivity contribution in [3.05, 3.63) is 76.3 Å². The van der Waals surface area contributed by atoms with Crippen molar-refractivity contribution in [2.45, 2.75) is 56.2 Å². The second-order valence-electron chi connectivity index (χ2n) is 19.5. The van der Waals surface area contributed by atoms with Crippen molar-refractivity contribution in [2.24, 2.45) is 17.9 Å². The van der Waals surface area contributed by atoms with Crippen molar-refractivity contribution in [3.8, 4) is 17.6 Å². The number of hydrogen-bond donors (Lipinski definition) is 2. The van der Waals surface area contributed by atoms with Gasteiger partial charge in [-0.25, -0.2) is 22.9 Å². The minimum absolute atomic E-state index is 0.0238. The van der Waals surface area contributed by atoms with Gasteiger partial charge in [0.15, 0.2) is 17.4 Å². The fourth-order valence-corrected chi connectivity index (χ4v) is 12.4. The van der Waals surface area contributed by atoms with Gasteiger partial charge in [-0.15, -0.1) is 0 Å². The molecule has 1 aliphatic carbocycles. The molecule has 1 atom stereocenters. The van der Waals surface area contributed by atoms with E-state index < -0.39 is 11.8 Å². The molecule has 3 spiro atoms. The van der Waals surface area contributed by atoms with Crippen LogP contribution in [0.15, 0.2) is 53.6 Å². The summed E-state index contributed by atoms with van der Waals surface area (Å²) in [5, 5.41) is 17.8. The molecule has 5 aromatic rings. The molecule has 6 aliphatic heterocycles. The van der Waals surface area contributed by atoms with Crippen LogP contribution in [0, 0.1) is 33.8 Å². The molecule has 6 saturated heterocycles. The molecule has 342 valence electrons. The Balaban J connectivity index is 0.659. The molecule has 7 fully saturated rings. The lowest BCUT2D eigenvalue weighted by Gasteiger charge is -2.62. The van der Waals surface area contributed by atoms with Crippen LogP contribution < -0.4 is 30.1 Å². The number of amides is 3. The molecule has 1 saturated carbocycles. The van der Waals surface area contributed by atoms with E-state index in [0.717, 1.165) is 78.2 Å². The summed E-state index contributed by atoms with van der Waals surface area (Å²) >= 11 is 1.36. The molecule has 3 aromatic carbocycles. The number of imide groups is 1. The predicted octanol–water partition coefficient (Wildman–Crippen LogP) is 5.44. The van der Waals surface area contributed by atoms with Gasteiger partial charge >= 0.3 is 6.03 Å². The number of hydrogen-bond acceptors (Lipinski definition) is 14. The lowest BCUT2D eigenvalue weighted by Crippen LogP contribution is -2.67. The highest BCUT2D eigenvalue weighted by Crippen LogP contribution is 2.53. The molecule has 0 radical (unpaired) electrons. The number of ether oxygens (including phenoxy) is 3. The number of piperidine rings is 1. The predicted molar refractivity (Wildman–Crippen MR) is 240 cm³/mol. The maximum Gasteiger partial charge on any atom is 0.329 e. The maximum absolute atomic E-state index is 15.7. The number of rotatable bonds is 9. The number of aromatic nitrogens is 4. The summed E-state index contributed by atoms with van der Waals surface area (Å²) in [4.78, 5) is 48.9. The number of nitrogens with one attached hydrogen (secondary N) is 2. The standard InChI is InChI=1S/C46H47F2N11O6S/c1-54-37-14-38(34(48)13-31(37)41(52-54)58-9-6-39(60)51-43(58)62)56-20-44(21-56)15-27(16-44)55-10-7-46(8-11-55)17-28(19-64-46)59-26-50-35-4-2-29(12-30(35)42(59)61)65-40-32(18-49)36(5-3-33(40)47)53-66-57-22-45(23-57)24-63-25-45/h2-5,12-14,26-28,53H,6-11,15-17,19-25H2,1H3,(H,51,60,62). The normalized spacial score (nSPS) is 23.5. The van der Waals surface area contributed by atoms with Crippen LogP contribution in [0.5, 0.6) is 11.5 Å². The van der Waals surface area contributed by atoms with Crippen LogP contribution in [0.4, 0.5) is 30.8 Å². The van der Waals surface area contributed by atoms with Crippen molar-refractivity contribution in [1.29, 1.82) is 5.26 Å². The zero-order valence-electron chi connectivity index (χ0n) is 36.2. The first-order chi connectivity index (χ1) is 31.9. The molecule has 2 N–H and O–H groups in total. The maximum atomic E-state index is 15.7. The molecule has 17 nitrogen and oxygen atoms in total. The Hall–Kier alpha value is -5.85. The Morgan fingerprint density at radius 2 is 1.74 bits per heavy atom. The van der Waals surface area contributed by atoms with Crippen molar-refractivity contribution in [2.75, 3.05) is 80.2 Å². The summed E-state index contributed by atoms with van der Waals surface area (Å²) in [7, 11) is 1.77. The van der Waals surface area contributed by atoms with E-state index in [0.29, 0.717) is 58.1 Å². The van der Waals surface area contributed by atoms with Gasteiger partial charge in [-0.05, 0) is 74.6 Å². The lowest BCUT2D eigenvalue weighted by atomic mass is 9.59. The molecule has 20 heteroatoms. The van der Waals surface area contributed by atoms with Gasteiger partial charge in [0.05, 0.1) is 65.6 Å². The van der Waals surface area contributed by atoms with E-state index in [9.17, 15) is 19.6 Å². The molecule has 0 bridgehead atoms.